The molecular weight excluding hydrogens is 194 g/mol. The maximum atomic E-state index is 5.99. The van der Waals surface area contributed by atoms with Gasteiger partial charge in [-0.05, 0) is 30.0 Å². The summed E-state index contributed by atoms with van der Waals surface area (Å²) in [5.74, 6) is 0.756. The van der Waals surface area contributed by atoms with E-state index in [1.54, 1.807) is 0 Å². The molecule has 2 heteroatoms. The molecule has 0 amide bonds. The van der Waals surface area contributed by atoms with Crippen LogP contribution < -0.4 is 5.73 Å². The number of hydrogen-bond donors (Lipinski definition) is 1. The molecule has 1 nitrogen and oxygen atoms in total. The Morgan fingerprint density at radius 1 is 1.57 bits per heavy atom. The van der Waals surface area contributed by atoms with Crippen LogP contribution in [0.1, 0.15) is 25.3 Å². The van der Waals surface area contributed by atoms with Crippen molar-refractivity contribution in [3.05, 3.63) is 34.9 Å². The van der Waals surface area contributed by atoms with Crippen molar-refractivity contribution < 1.29 is 0 Å². The third-order valence-electron chi connectivity index (χ3n) is 3.49. The molecule has 14 heavy (non-hydrogen) atoms. The Kier molecular flexibility index (Phi) is 2.54. The molecule has 2 rings (SSSR count). The number of nitrogens with two attached hydrogens (primary N) is 1. The minimum absolute atomic E-state index is 0.236. The lowest BCUT2D eigenvalue weighted by atomic mass is 9.92. The van der Waals surface area contributed by atoms with E-state index in [1.165, 1.54) is 18.4 Å². The Labute approximate surface area is 90.3 Å². The van der Waals surface area contributed by atoms with Crippen LogP contribution in [-0.2, 0) is 5.41 Å². The van der Waals surface area contributed by atoms with Crippen molar-refractivity contribution in [1.29, 1.82) is 0 Å². The molecule has 0 spiro atoms. The molecule has 2 unspecified atom stereocenters. The standard InChI is InChI=1S/C12H16ClN/c1-2-9-7-12(9,8-14)10-4-3-5-11(13)6-10/h3-6,9H,2,7-8,14H2,1H3. The maximum Gasteiger partial charge on any atom is 0.0408 e. The molecule has 0 radical (unpaired) electrons. The summed E-state index contributed by atoms with van der Waals surface area (Å²) in [5, 5.41) is 0.817. The number of benzene rings is 1. The highest BCUT2D eigenvalue weighted by Gasteiger charge is 2.52. The van der Waals surface area contributed by atoms with Gasteiger partial charge in [0.05, 0.1) is 0 Å². The lowest BCUT2D eigenvalue weighted by Crippen LogP contribution is -2.22. The van der Waals surface area contributed by atoms with Gasteiger partial charge in [0.25, 0.3) is 0 Å². The van der Waals surface area contributed by atoms with Crippen LogP contribution in [0.2, 0.25) is 5.02 Å². The van der Waals surface area contributed by atoms with Gasteiger partial charge < -0.3 is 5.73 Å². The fourth-order valence-corrected chi connectivity index (χ4v) is 2.63. The Morgan fingerprint density at radius 3 is 2.86 bits per heavy atom. The van der Waals surface area contributed by atoms with Gasteiger partial charge in [0.2, 0.25) is 0 Å². The minimum Gasteiger partial charge on any atom is -0.330 e. The van der Waals surface area contributed by atoms with E-state index < -0.39 is 0 Å². The van der Waals surface area contributed by atoms with Gasteiger partial charge in [-0.1, -0.05) is 37.1 Å². The van der Waals surface area contributed by atoms with Gasteiger partial charge >= 0.3 is 0 Å². The molecule has 0 aliphatic heterocycles. The predicted octanol–water partition coefficient (Wildman–Crippen LogP) is 2.97. The van der Waals surface area contributed by atoms with Crippen molar-refractivity contribution in [3.8, 4) is 0 Å². The van der Waals surface area contributed by atoms with E-state index in [2.05, 4.69) is 19.1 Å². The SMILES string of the molecule is CCC1CC1(CN)c1cccc(Cl)c1. The van der Waals surface area contributed by atoms with Crippen LogP contribution in [0.25, 0.3) is 0 Å². The summed E-state index contributed by atoms with van der Waals surface area (Å²) in [6.45, 7) is 2.97. The number of halogens is 1. The quantitative estimate of drug-likeness (QED) is 0.814. The van der Waals surface area contributed by atoms with Crippen molar-refractivity contribution in [3.63, 3.8) is 0 Å². The fraction of sp³-hybridized carbons (Fsp3) is 0.500. The monoisotopic (exact) mass is 209 g/mol. The van der Waals surface area contributed by atoms with Crippen molar-refractivity contribution in [2.75, 3.05) is 6.54 Å². The molecule has 76 valence electrons. The highest BCUT2D eigenvalue weighted by molar-refractivity contribution is 6.30. The van der Waals surface area contributed by atoms with E-state index in [4.69, 9.17) is 17.3 Å². The van der Waals surface area contributed by atoms with Crippen LogP contribution in [-0.4, -0.2) is 6.54 Å². The van der Waals surface area contributed by atoms with Gasteiger partial charge in [0, 0.05) is 17.0 Å². The molecule has 2 atom stereocenters. The minimum atomic E-state index is 0.236. The van der Waals surface area contributed by atoms with E-state index in [9.17, 15) is 0 Å². The van der Waals surface area contributed by atoms with Crippen molar-refractivity contribution >= 4 is 11.6 Å². The van der Waals surface area contributed by atoms with Crippen LogP contribution in [0.4, 0.5) is 0 Å². The van der Waals surface area contributed by atoms with E-state index in [-0.39, 0.29) is 5.41 Å². The van der Waals surface area contributed by atoms with E-state index >= 15 is 0 Å². The molecule has 1 aliphatic carbocycles. The van der Waals surface area contributed by atoms with E-state index in [0.29, 0.717) is 0 Å². The van der Waals surface area contributed by atoms with Gasteiger partial charge in [0.1, 0.15) is 0 Å². The fourth-order valence-electron chi connectivity index (χ4n) is 2.44. The first-order valence-corrected chi connectivity index (χ1v) is 5.57. The first-order valence-electron chi connectivity index (χ1n) is 5.19. The van der Waals surface area contributed by atoms with Gasteiger partial charge in [-0.25, -0.2) is 0 Å². The normalized spacial score (nSPS) is 30.4. The van der Waals surface area contributed by atoms with E-state index in [1.807, 2.05) is 12.1 Å². The zero-order valence-electron chi connectivity index (χ0n) is 8.46. The second-order valence-electron chi connectivity index (χ2n) is 4.18. The van der Waals surface area contributed by atoms with Crippen molar-refractivity contribution in [2.24, 2.45) is 11.7 Å². The second-order valence-corrected chi connectivity index (χ2v) is 4.62. The van der Waals surface area contributed by atoms with Crippen LogP contribution in [0, 0.1) is 5.92 Å². The molecular formula is C12H16ClN. The summed E-state index contributed by atoms with van der Waals surface area (Å²) in [5.41, 5.74) is 7.43. The maximum absolute atomic E-state index is 5.99. The smallest absolute Gasteiger partial charge is 0.0408 e. The molecule has 1 aromatic rings. The summed E-state index contributed by atoms with van der Waals surface area (Å²) < 4.78 is 0. The number of hydrogen-bond acceptors (Lipinski definition) is 1. The molecule has 0 bridgehead atoms. The highest BCUT2D eigenvalue weighted by Crippen LogP contribution is 2.55. The van der Waals surface area contributed by atoms with Gasteiger partial charge in [0.15, 0.2) is 0 Å². The molecule has 1 fully saturated rings. The summed E-state index contributed by atoms with van der Waals surface area (Å²) >= 11 is 5.99. The molecule has 0 saturated heterocycles. The summed E-state index contributed by atoms with van der Waals surface area (Å²) in [6.07, 6.45) is 2.43. The lowest BCUT2D eigenvalue weighted by molar-refractivity contribution is 0.600. The Morgan fingerprint density at radius 2 is 2.36 bits per heavy atom. The van der Waals surface area contributed by atoms with Gasteiger partial charge in [-0.2, -0.15) is 0 Å². The van der Waals surface area contributed by atoms with Crippen molar-refractivity contribution in [1.82, 2.24) is 0 Å². The third-order valence-corrected chi connectivity index (χ3v) is 3.72. The van der Waals surface area contributed by atoms with Crippen LogP contribution in [0.5, 0.6) is 0 Å². The van der Waals surface area contributed by atoms with Gasteiger partial charge in [-0.3, -0.25) is 0 Å². The average molecular weight is 210 g/mol. The first kappa shape index (κ1) is 10.0. The molecule has 1 saturated carbocycles. The predicted molar refractivity (Wildman–Crippen MR) is 60.6 cm³/mol. The molecule has 2 N–H and O–H groups in total. The second kappa shape index (κ2) is 3.56. The third kappa shape index (κ3) is 1.45. The average Bonchev–Trinajstić information content (AvgIpc) is 2.93. The zero-order chi connectivity index (χ0) is 10.2. The van der Waals surface area contributed by atoms with Crippen LogP contribution in [0.15, 0.2) is 24.3 Å². The summed E-state index contributed by atoms with van der Waals surface area (Å²) in [4.78, 5) is 0. The Balaban J connectivity index is 2.30. The Bertz CT molecular complexity index is 337. The molecule has 0 heterocycles. The summed E-state index contributed by atoms with van der Waals surface area (Å²) in [7, 11) is 0. The van der Waals surface area contributed by atoms with E-state index in [0.717, 1.165) is 17.5 Å². The highest BCUT2D eigenvalue weighted by atomic mass is 35.5. The van der Waals surface area contributed by atoms with Crippen LogP contribution >= 0.6 is 11.6 Å². The molecule has 1 aromatic carbocycles. The van der Waals surface area contributed by atoms with Gasteiger partial charge in [-0.15, -0.1) is 0 Å². The summed E-state index contributed by atoms with van der Waals surface area (Å²) in [6, 6.07) is 8.14. The lowest BCUT2D eigenvalue weighted by Gasteiger charge is -2.15. The largest absolute Gasteiger partial charge is 0.330 e. The van der Waals surface area contributed by atoms with Crippen LogP contribution in [0.3, 0.4) is 0 Å². The molecule has 1 aliphatic rings. The van der Waals surface area contributed by atoms with Crippen molar-refractivity contribution in [2.45, 2.75) is 25.2 Å². The molecule has 0 aromatic heterocycles. The zero-order valence-corrected chi connectivity index (χ0v) is 9.22. The number of rotatable bonds is 3. The topological polar surface area (TPSA) is 26.0 Å². The first-order chi connectivity index (χ1) is 6.73. The Hall–Kier alpha value is -0.530.